The molecule has 0 aromatic carbocycles. The Kier molecular flexibility index (Phi) is 6.81. The van der Waals surface area contributed by atoms with E-state index in [1.54, 1.807) is 0 Å². The van der Waals surface area contributed by atoms with Gasteiger partial charge >= 0.3 is 0 Å². The van der Waals surface area contributed by atoms with Crippen LogP contribution in [-0.4, -0.2) is 26.8 Å². The van der Waals surface area contributed by atoms with Crippen LogP contribution in [0.1, 0.15) is 105 Å². The van der Waals surface area contributed by atoms with Gasteiger partial charge in [-0.15, -0.1) is 23.5 Å². The third kappa shape index (κ3) is 3.85. The van der Waals surface area contributed by atoms with Crippen molar-refractivity contribution in [1.82, 2.24) is 0 Å². The summed E-state index contributed by atoms with van der Waals surface area (Å²) in [6.45, 7) is 12.8. The molecule has 184 valence electrons. The van der Waals surface area contributed by atoms with Crippen molar-refractivity contribution in [3.8, 4) is 0 Å². The van der Waals surface area contributed by atoms with Crippen LogP contribution in [0.4, 0.5) is 0 Å². The van der Waals surface area contributed by atoms with Gasteiger partial charge in [0.25, 0.3) is 0 Å². The second kappa shape index (κ2) is 8.95. The van der Waals surface area contributed by atoms with Gasteiger partial charge in [-0.1, -0.05) is 53.9 Å². The SMILES string of the molecule is CC(C)CCC[C@@H](C)[C@H]1CC[C@H]2[C@@H]3CC[C@@H]4C[C@@H](O)C5(C[C@]4(C)[C@H]3CC[C@]12C)SCCS5. The van der Waals surface area contributed by atoms with Gasteiger partial charge in [0, 0.05) is 11.5 Å². The molecule has 0 radical (unpaired) electrons. The summed E-state index contributed by atoms with van der Waals surface area (Å²) in [6.07, 6.45) is 15.4. The first-order chi connectivity index (χ1) is 15.2. The Bertz CT molecular complexity index is 672. The van der Waals surface area contributed by atoms with Gasteiger partial charge in [-0.05, 0) is 104 Å². The second-order valence-electron chi connectivity index (χ2n) is 13.6. The number of aliphatic hydroxyl groups excluding tert-OH is 1. The summed E-state index contributed by atoms with van der Waals surface area (Å²) in [5.41, 5.74) is 1.07. The molecule has 1 aliphatic heterocycles. The summed E-state index contributed by atoms with van der Waals surface area (Å²) < 4.78 is 0.122. The van der Waals surface area contributed by atoms with E-state index < -0.39 is 0 Å². The molecule has 5 aliphatic rings. The van der Waals surface area contributed by atoms with E-state index in [0.29, 0.717) is 10.8 Å². The van der Waals surface area contributed by atoms with E-state index >= 15 is 0 Å². The Morgan fingerprint density at radius 1 is 0.875 bits per heavy atom. The van der Waals surface area contributed by atoms with Gasteiger partial charge in [0.1, 0.15) is 0 Å². The maximum atomic E-state index is 11.2. The predicted molar refractivity (Wildman–Crippen MR) is 142 cm³/mol. The Morgan fingerprint density at radius 2 is 1.59 bits per heavy atom. The van der Waals surface area contributed by atoms with Crippen molar-refractivity contribution in [3.63, 3.8) is 0 Å². The lowest BCUT2D eigenvalue weighted by Gasteiger charge is -2.63. The molecule has 4 saturated carbocycles. The highest BCUT2D eigenvalue weighted by Crippen LogP contribution is 2.71. The molecule has 1 nitrogen and oxygen atoms in total. The van der Waals surface area contributed by atoms with E-state index in [2.05, 4.69) is 58.1 Å². The molecule has 9 atom stereocenters. The van der Waals surface area contributed by atoms with Crippen LogP contribution < -0.4 is 0 Å². The highest BCUT2D eigenvalue weighted by Gasteiger charge is 2.64. The quantitative estimate of drug-likeness (QED) is 0.429. The lowest BCUT2D eigenvalue weighted by atomic mass is 9.44. The Morgan fingerprint density at radius 3 is 2.31 bits per heavy atom. The zero-order chi connectivity index (χ0) is 22.7. The van der Waals surface area contributed by atoms with Crippen molar-refractivity contribution in [2.45, 2.75) is 115 Å². The third-order valence-electron chi connectivity index (χ3n) is 11.7. The fraction of sp³-hybridized carbons (Fsp3) is 1.00. The van der Waals surface area contributed by atoms with E-state index in [1.807, 2.05) is 0 Å². The van der Waals surface area contributed by atoms with E-state index in [4.69, 9.17) is 0 Å². The zero-order valence-electron chi connectivity index (χ0n) is 21.6. The van der Waals surface area contributed by atoms with E-state index in [1.165, 1.54) is 75.7 Å². The molecule has 5 rings (SSSR count). The topological polar surface area (TPSA) is 20.2 Å². The van der Waals surface area contributed by atoms with E-state index in [0.717, 1.165) is 47.8 Å². The van der Waals surface area contributed by atoms with Crippen LogP contribution in [0.2, 0.25) is 0 Å². The molecule has 1 N–H and O–H groups in total. The molecule has 4 aliphatic carbocycles. The maximum Gasteiger partial charge on any atom is 0.0874 e. The average Bonchev–Trinajstić information content (AvgIpc) is 3.33. The van der Waals surface area contributed by atoms with Crippen LogP contribution in [0.15, 0.2) is 0 Å². The standard InChI is InChI=1S/C29H50OS2/c1-19(2)7-6-8-20(3)23-11-12-24-22-10-9-21-17-26(30)29(31-15-16-32-29)18-28(21,5)25(22)13-14-27(23,24)4/h19-26,30H,6-18H2,1-5H3/t20-,21-,22+,23-,24+,25+,26-,27-,28+/m1/s1. The van der Waals surface area contributed by atoms with Gasteiger partial charge in [-0.25, -0.2) is 0 Å². The summed E-state index contributed by atoms with van der Waals surface area (Å²) in [6, 6.07) is 0. The monoisotopic (exact) mass is 478 g/mol. The third-order valence-corrected chi connectivity index (χ3v) is 15.3. The largest absolute Gasteiger partial charge is 0.391 e. The molecule has 3 heteroatoms. The second-order valence-corrected chi connectivity index (χ2v) is 16.7. The Labute approximate surface area is 207 Å². The van der Waals surface area contributed by atoms with Crippen molar-refractivity contribution < 1.29 is 5.11 Å². The van der Waals surface area contributed by atoms with E-state index in [-0.39, 0.29) is 10.2 Å². The number of fused-ring (bicyclic) bond motifs is 5. The van der Waals surface area contributed by atoms with Crippen molar-refractivity contribution in [3.05, 3.63) is 0 Å². The van der Waals surface area contributed by atoms with Gasteiger partial charge in [-0.2, -0.15) is 0 Å². The van der Waals surface area contributed by atoms with Crippen LogP contribution >= 0.6 is 23.5 Å². The lowest BCUT2D eigenvalue weighted by Crippen LogP contribution is -2.58. The molecular formula is C29H50OS2. The first-order valence-corrected chi connectivity index (χ1v) is 16.1. The highest BCUT2D eigenvalue weighted by molar-refractivity contribution is 8.21. The molecule has 0 aromatic rings. The number of thioether (sulfide) groups is 2. The summed E-state index contributed by atoms with van der Waals surface area (Å²) >= 11 is 4.23. The van der Waals surface area contributed by atoms with Gasteiger partial charge in [0.2, 0.25) is 0 Å². The molecule has 1 saturated heterocycles. The van der Waals surface area contributed by atoms with Gasteiger partial charge in [0.15, 0.2) is 0 Å². The van der Waals surface area contributed by atoms with Crippen LogP contribution in [0.3, 0.4) is 0 Å². The number of hydrogen-bond donors (Lipinski definition) is 1. The van der Waals surface area contributed by atoms with Crippen molar-refractivity contribution in [1.29, 1.82) is 0 Å². The van der Waals surface area contributed by atoms with E-state index in [9.17, 15) is 5.11 Å². The lowest BCUT2D eigenvalue weighted by molar-refractivity contribution is -0.130. The van der Waals surface area contributed by atoms with Gasteiger partial charge in [0.05, 0.1) is 10.2 Å². The molecule has 1 spiro atoms. The molecule has 32 heavy (non-hydrogen) atoms. The smallest absolute Gasteiger partial charge is 0.0874 e. The minimum absolute atomic E-state index is 0.0777. The average molecular weight is 479 g/mol. The highest BCUT2D eigenvalue weighted by atomic mass is 32.2. The van der Waals surface area contributed by atoms with Crippen LogP contribution in [0.25, 0.3) is 0 Å². The zero-order valence-corrected chi connectivity index (χ0v) is 23.2. The predicted octanol–water partition coefficient (Wildman–Crippen LogP) is 8.25. The number of aliphatic hydroxyl groups is 1. The summed E-state index contributed by atoms with van der Waals surface area (Å²) in [5, 5.41) is 11.2. The molecule has 0 bridgehead atoms. The number of hydrogen-bond acceptors (Lipinski definition) is 3. The Hall–Kier alpha value is 0.660. The molecule has 0 aromatic heterocycles. The fourth-order valence-electron chi connectivity index (χ4n) is 10.1. The van der Waals surface area contributed by atoms with Gasteiger partial charge in [-0.3, -0.25) is 0 Å². The first-order valence-electron chi connectivity index (χ1n) is 14.2. The normalized spacial score (nSPS) is 48.5. The first kappa shape index (κ1) is 24.4. The van der Waals surface area contributed by atoms with Crippen molar-refractivity contribution in [2.75, 3.05) is 11.5 Å². The molecule has 5 fully saturated rings. The summed E-state index contributed by atoms with van der Waals surface area (Å²) in [5.74, 6) is 8.84. The molecular weight excluding hydrogens is 428 g/mol. The fourth-order valence-corrected chi connectivity index (χ4v) is 13.7. The van der Waals surface area contributed by atoms with Crippen LogP contribution in [0, 0.1) is 52.3 Å². The minimum Gasteiger partial charge on any atom is -0.391 e. The molecule has 1 heterocycles. The summed E-state index contributed by atoms with van der Waals surface area (Å²) in [7, 11) is 0. The van der Waals surface area contributed by atoms with Crippen molar-refractivity contribution >= 4 is 23.5 Å². The van der Waals surface area contributed by atoms with Crippen LogP contribution in [-0.2, 0) is 0 Å². The van der Waals surface area contributed by atoms with Gasteiger partial charge < -0.3 is 5.11 Å². The maximum absolute atomic E-state index is 11.2. The minimum atomic E-state index is -0.0777. The molecule has 0 unspecified atom stereocenters. The van der Waals surface area contributed by atoms with Crippen LogP contribution in [0.5, 0.6) is 0 Å². The molecule has 0 amide bonds. The number of rotatable bonds is 5. The Balaban J connectivity index is 1.33. The van der Waals surface area contributed by atoms with Crippen molar-refractivity contribution in [2.24, 2.45) is 52.3 Å². The summed E-state index contributed by atoms with van der Waals surface area (Å²) in [4.78, 5) is 0.